The summed E-state index contributed by atoms with van der Waals surface area (Å²) in [4.78, 5) is 0. The lowest BCUT2D eigenvalue weighted by Crippen LogP contribution is -2.23. The fourth-order valence-electron chi connectivity index (χ4n) is 0.742. The van der Waals surface area contributed by atoms with Crippen molar-refractivity contribution in [3.63, 3.8) is 0 Å². The van der Waals surface area contributed by atoms with Crippen LogP contribution >= 0.6 is 7.60 Å². The van der Waals surface area contributed by atoms with Crippen molar-refractivity contribution in [3.8, 4) is 0 Å². The van der Waals surface area contributed by atoms with Crippen LogP contribution in [0.5, 0.6) is 0 Å². The number of hydrogen-bond acceptors (Lipinski definition) is 3. The van der Waals surface area contributed by atoms with Crippen molar-refractivity contribution in [2.75, 3.05) is 19.0 Å². The molecule has 3 nitrogen and oxygen atoms in total. The largest absolute Gasteiger partial charge is 0.628 e. The lowest BCUT2D eigenvalue weighted by atomic mass is 10.9. The Balaban J connectivity index is 4.33. The van der Waals surface area contributed by atoms with E-state index in [1.54, 1.807) is 0 Å². The fourth-order valence-corrected chi connectivity index (χ4v) is 4.09. The molecule has 0 aliphatic carbocycles. The zero-order valence-corrected chi connectivity index (χ0v) is 9.32. The summed E-state index contributed by atoms with van der Waals surface area (Å²) in [5, 5.41) is 0. The maximum atomic E-state index is 12.0. The molecule has 0 aliphatic heterocycles. The van der Waals surface area contributed by atoms with Crippen LogP contribution in [-0.2, 0) is 13.6 Å². The molecule has 13 heavy (non-hydrogen) atoms. The van der Waals surface area contributed by atoms with E-state index in [0.717, 1.165) is 0 Å². The molecule has 0 saturated heterocycles. The minimum Gasteiger partial charge on any atom is -0.309 e. The predicted molar refractivity (Wildman–Crippen MR) is 44.8 cm³/mol. The summed E-state index contributed by atoms with van der Waals surface area (Å²) < 4.78 is 56.3. The third-order valence-corrected chi connectivity index (χ3v) is 5.31. The van der Waals surface area contributed by atoms with E-state index in [1.165, 1.54) is 13.8 Å². The van der Waals surface area contributed by atoms with E-state index in [-0.39, 0.29) is 13.2 Å². The Bertz CT molecular complexity index is 186. The number of halogens is 3. The molecular weight excluding hydrogens is 224 g/mol. The maximum absolute atomic E-state index is 12.0. The number of rotatable bonds is 6. The summed E-state index contributed by atoms with van der Waals surface area (Å²) in [6.07, 6.45) is 0. The van der Waals surface area contributed by atoms with Crippen LogP contribution in [0.25, 0.3) is 0 Å². The van der Waals surface area contributed by atoms with Gasteiger partial charge in [0.05, 0.1) is 13.2 Å². The normalized spacial score (nSPS) is 13.3. The highest BCUT2D eigenvalue weighted by Gasteiger charge is 2.47. The van der Waals surface area contributed by atoms with E-state index in [2.05, 4.69) is 9.05 Å². The van der Waals surface area contributed by atoms with Crippen LogP contribution in [0.4, 0.5) is 12.3 Å². The average molecular weight is 236 g/mol. The molecule has 0 spiro atoms. The van der Waals surface area contributed by atoms with Crippen LogP contribution in [0, 0.1) is 0 Å². The van der Waals surface area contributed by atoms with Crippen LogP contribution in [0.3, 0.4) is 0 Å². The molecule has 0 heterocycles. The van der Waals surface area contributed by atoms with Crippen molar-refractivity contribution in [3.05, 3.63) is 0 Å². The van der Waals surface area contributed by atoms with Gasteiger partial charge >= 0.3 is 16.7 Å². The third-order valence-electron chi connectivity index (χ3n) is 1.02. The molecule has 0 unspecified atom stereocenters. The summed E-state index contributed by atoms with van der Waals surface area (Å²) in [6.45, 7) is 2.87. The summed E-state index contributed by atoms with van der Waals surface area (Å²) in [7, 11) is -9.78. The highest BCUT2D eigenvalue weighted by molar-refractivity contribution is 7.56. The van der Waals surface area contributed by atoms with E-state index >= 15 is 0 Å². The van der Waals surface area contributed by atoms with Gasteiger partial charge in [-0.3, -0.25) is 4.57 Å². The van der Waals surface area contributed by atoms with Crippen molar-refractivity contribution in [1.82, 2.24) is 0 Å². The predicted octanol–water partition coefficient (Wildman–Crippen LogP) is 2.64. The smallest absolute Gasteiger partial charge is 0.309 e. The molecule has 0 rings (SSSR count). The van der Waals surface area contributed by atoms with Gasteiger partial charge in [0.25, 0.3) is 0 Å². The molecule has 0 radical (unpaired) electrons. The van der Waals surface area contributed by atoms with Crippen LogP contribution in [0.1, 0.15) is 13.8 Å². The summed E-state index contributed by atoms with van der Waals surface area (Å²) in [5.41, 5.74) is 0. The Hall–Kier alpha value is 0.157. The van der Waals surface area contributed by atoms with Gasteiger partial charge in [0.1, 0.15) is 5.79 Å². The second-order valence-electron chi connectivity index (χ2n) is 2.22. The summed E-state index contributed by atoms with van der Waals surface area (Å²) in [6, 6.07) is 0. The first-order valence-corrected chi connectivity index (χ1v) is 7.34. The Morgan fingerprint density at radius 1 is 1.15 bits per heavy atom. The van der Waals surface area contributed by atoms with Crippen LogP contribution in [0.2, 0.25) is 0 Å². The first-order chi connectivity index (χ1) is 5.83. The van der Waals surface area contributed by atoms with Gasteiger partial charge < -0.3 is 9.05 Å². The van der Waals surface area contributed by atoms with Crippen LogP contribution < -0.4 is 0 Å². The van der Waals surface area contributed by atoms with Gasteiger partial charge in [0.2, 0.25) is 0 Å². The molecule has 0 N–H and O–H groups in total. The number of hydrogen-bond donors (Lipinski definition) is 0. The molecule has 80 valence electrons. The monoisotopic (exact) mass is 236 g/mol. The van der Waals surface area contributed by atoms with Crippen LogP contribution in [-0.4, -0.2) is 28.1 Å². The molecule has 0 saturated carbocycles. The molecule has 0 atom stereocenters. The molecule has 0 aromatic heterocycles. The second-order valence-corrected chi connectivity index (χ2v) is 6.45. The summed E-state index contributed by atoms with van der Waals surface area (Å²) in [5.74, 6) is -1.39. The van der Waals surface area contributed by atoms with Gasteiger partial charge in [0, 0.05) is 0 Å². The molecule has 0 bridgehead atoms. The second kappa shape index (κ2) is 5.14. The lowest BCUT2D eigenvalue weighted by Gasteiger charge is -2.16. The van der Waals surface area contributed by atoms with Crippen LogP contribution in [0.15, 0.2) is 0 Å². The highest BCUT2D eigenvalue weighted by atomic mass is 31.2. The first-order valence-electron chi connectivity index (χ1n) is 3.78. The molecule has 0 aromatic rings. The Labute approximate surface area is 76.3 Å². The highest BCUT2D eigenvalue weighted by Crippen LogP contribution is 2.50. The van der Waals surface area contributed by atoms with E-state index in [0.29, 0.717) is 0 Å². The zero-order chi connectivity index (χ0) is 10.5. The van der Waals surface area contributed by atoms with Crippen molar-refractivity contribution in [1.29, 1.82) is 0 Å². The van der Waals surface area contributed by atoms with Gasteiger partial charge in [-0.2, -0.15) is 0 Å². The first kappa shape index (κ1) is 13.2. The third kappa shape index (κ3) is 6.26. The molecule has 0 amide bonds. The Morgan fingerprint density at radius 3 is 1.77 bits per heavy atom. The van der Waals surface area contributed by atoms with Gasteiger partial charge in [-0.05, 0) is 13.8 Å². The zero-order valence-electron chi connectivity index (χ0n) is 7.43. The average Bonchev–Trinajstić information content (AvgIpc) is 1.82. The maximum Gasteiger partial charge on any atom is 0.628 e. The molecule has 0 aliphatic rings. The Morgan fingerprint density at radius 2 is 1.54 bits per heavy atom. The molecule has 8 heteroatoms. The van der Waals surface area contributed by atoms with Gasteiger partial charge in [0.15, 0.2) is 0 Å². The minimum atomic E-state index is -5.88. The standard InChI is InChI=1S/C5H12F3O3PSi/c1-3-10-12(9,11-4-2)5-13(6,7)8/h3-5H2,1-2H3. The SMILES string of the molecule is CCOP(=O)(C[Si](F)(F)F)OCC. The van der Waals surface area contributed by atoms with E-state index in [4.69, 9.17) is 0 Å². The van der Waals surface area contributed by atoms with Crippen molar-refractivity contribution >= 4 is 16.7 Å². The summed E-state index contributed by atoms with van der Waals surface area (Å²) >= 11 is 0. The van der Waals surface area contributed by atoms with E-state index < -0.39 is 22.5 Å². The van der Waals surface area contributed by atoms with Gasteiger partial charge in [-0.1, -0.05) is 0 Å². The topological polar surface area (TPSA) is 35.5 Å². The fraction of sp³-hybridized carbons (Fsp3) is 1.00. The molecule has 0 aromatic carbocycles. The van der Waals surface area contributed by atoms with E-state index in [1.807, 2.05) is 0 Å². The van der Waals surface area contributed by atoms with Crippen molar-refractivity contribution in [2.24, 2.45) is 0 Å². The van der Waals surface area contributed by atoms with Gasteiger partial charge in [-0.15, -0.1) is 0 Å². The van der Waals surface area contributed by atoms with Gasteiger partial charge in [-0.25, -0.2) is 12.3 Å². The van der Waals surface area contributed by atoms with Crippen molar-refractivity contribution in [2.45, 2.75) is 13.8 Å². The van der Waals surface area contributed by atoms with E-state index in [9.17, 15) is 16.9 Å². The minimum absolute atomic E-state index is 0.0399. The Kier molecular flexibility index (Phi) is 5.20. The quantitative estimate of drug-likeness (QED) is 0.404. The molecule has 0 fully saturated rings. The van der Waals surface area contributed by atoms with Crippen molar-refractivity contribution < 1.29 is 25.9 Å². The molecular formula is C5H12F3O3PSi. The lowest BCUT2D eigenvalue weighted by molar-refractivity contribution is 0.221.